The minimum atomic E-state index is -0.570. The first-order chi connectivity index (χ1) is 13.1. The van der Waals surface area contributed by atoms with Crippen molar-refractivity contribution in [2.45, 2.75) is 13.0 Å². The molecule has 142 valence electrons. The second kappa shape index (κ2) is 8.44. The van der Waals surface area contributed by atoms with Gasteiger partial charge in [-0.05, 0) is 48.9 Å². The number of ether oxygens (including phenoxy) is 4. The molecule has 3 rings (SSSR count). The third-order valence-electron chi connectivity index (χ3n) is 4.10. The number of nitrogens with one attached hydrogen (secondary N) is 1. The highest BCUT2D eigenvalue weighted by Gasteiger charge is 2.17. The third-order valence-corrected chi connectivity index (χ3v) is 4.10. The van der Waals surface area contributed by atoms with Gasteiger partial charge in [-0.25, -0.2) is 4.79 Å². The molecule has 7 nitrogen and oxygen atoms in total. The molecule has 1 N–H and O–H groups in total. The molecule has 0 aromatic heterocycles. The van der Waals surface area contributed by atoms with E-state index in [1.807, 2.05) is 25.1 Å². The lowest BCUT2D eigenvalue weighted by Gasteiger charge is -2.21. The van der Waals surface area contributed by atoms with Crippen LogP contribution in [0, 0.1) is 0 Å². The highest BCUT2D eigenvalue weighted by atomic mass is 16.6. The van der Waals surface area contributed by atoms with Crippen molar-refractivity contribution in [3.63, 3.8) is 0 Å². The fourth-order valence-corrected chi connectivity index (χ4v) is 2.64. The standard InChI is InChI=1S/C20H21NO6/c1-13(15-5-8-17-18(11-15)26-10-9-25-17)21-19(22)12-27-20(23)14-3-6-16(24-2)7-4-14/h3-8,11,13H,9-10,12H2,1-2H3,(H,21,22). The summed E-state index contributed by atoms with van der Waals surface area (Å²) in [5.41, 5.74) is 1.22. The molecular formula is C20H21NO6. The van der Waals surface area contributed by atoms with Crippen LogP contribution >= 0.6 is 0 Å². The van der Waals surface area contributed by atoms with Crippen LogP contribution in [-0.4, -0.2) is 38.8 Å². The summed E-state index contributed by atoms with van der Waals surface area (Å²) < 4.78 is 21.1. The third kappa shape index (κ3) is 4.69. The highest BCUT2D eigenvalue weighted by molar-refractivity contribution is 5.91. The maximum absolute atomic E-state index is 12.1. The molecule has 1 aliphatic heterocycles. The molecule has 0 fully saturated rings. The highest BCUT2D eigenvalue weighted by Crippen LogP contribution is 2.32. The normalized spacial score (nSPS) is 13.4. The van der Waals surface area contributed by atoms with E-state index in [0.29, 0.717) is 36.0 Å². The molecule has 2 aromatic carbocycles. The number of hydrogen-bond acceptors (Lipinski definition) is 6. The molecule has 0 spiro atoms. The Kier molecular flexibility index (Phi) is 5.80. The Balaban J connectivity index is 1.51. The zero-order valence-electron chi connectivity index (χ0n) is 15.2. The van der Waals surface area contributed by atoms with Crippen LogP contribution in [0.1, 0.15) is 28.9 Å². The summed E-state index contributed by atoms with van der Waals surface area (Å²) >= 11 is 0. The second-order valence-corrected chi connectivity index (χ2v) is 6.00. The van der Waals surface area contributed by atoms with E-state index in [1.54, 1.807) is 31.4 Å². The summed E-state index contributed by atoms with van der Waals surface area (Å²) in [5.74, 6) is 1.03. The first-order valence-corrected chi connectivity index (χ1v) is 8.57. The predicted octanol–water partition coefficient (Wildman–Crippen LogP) is 2.50. The minimum absolute atomic E-state index is 0.270. The maximum Gasteiger partial charge on any atom is 0.338 e. The summed E-state index contributed by atoms with van der Waals surface area (Å²) in [5, 5.41) is 2.80. The molecule has 27 heavy (non-hydrogen) atoms. The Hall–Kier alpha value is -3.22. The summed E-state index contributed by atoms with van der Waals surface area (Å²) in [6, 6.07) is 11.7. The molecule has 2 aromatic rings. The number of carbonyl (C=O) groups is 2. The molecular weight excluding hydrogens is 350 g/mol. The number of hydrogen-bond donors (Lipinski definition) is 1. The summed E-state index contributed by atoms with van der Waals surface area (Å²) in [6.45, 7) is 2.51. The molecule has 1 amide bonds. The molecule has 1 atom stereocenters. The van der Waals surface area contributed by atoms with Crippen LogP contribution in [0.25, 0.3) is 0 Å². The van der Waals surface area contributed by atoms with Gasteiger partial charge in [0.2, 0.25) is 0 Å². The van der Waals surface area contributed by atoms with Crippen LogP contribution in [0.4, 0.5) is 0 Å². The van der Waals surface area contributed by atoms with Crippen LogP contribution < -0.4 is 19.5 Å². The molecule has 1 unspecified atom stereocenters. The molecule has 7 heteroatoms. The lowest BCUT2D eigenvalue weighted by atomic mass is 10.1. The predicted molar refractivity (Wildman–Crippen MR) is 97.3 cm³/mol. The molecule has 0 saturated heterocycles. The van der Waals surface area contributed by atoms with E-state index in [1.165, 1.54) is 0 Å². The van der Waals surface area contributed by atoms with Crippen LogP contribution in [0.3, 0.4) is 0 Å². The number of carbonyl (C=O) groups excluding carboxylic acids is 2. The summed E-state index contributed by atoms with van der Waals surface area (Å²) in [6.07, 6.45) is 0. The van der Waals surface area contributed by atoms with Crippen molar-refractivity contribution in [3.8, 4) is 17.2 Å². The number of fused-ring (bicyclic) bond motifs is 1. The number of methoxy groups -OCH3 is 1. The van der Waals surface area contributed by atoms with E-state index in [-0.39, 0.29) is 18.6 Å². The Labute approximate surface area is 157 Å². The van der Waals surface area contributed by atoms with E-state index in [9.17, 15) is 9.59 Å². The Morgan fingerprint density at radius 1 is 1.07 bits per heavy atom. The number of esters is 1. The van der Waals surface area contributed by atoms with E-state index < -0.39 is 5.97 Å². The monoisotopic (exact) mass is 371 g/mol. The van der Waals surface area contributed by atoms with Crippen LogP contribution in [-0.2, 0) is 9.53 Å². The minimum Gasteiger partial charge on any atom is -0.497 e. The van der Waals surface area contributed by atoms with Gasteiger partial charge in [0.1, 0.15) is 19.0 Å². The SMILES string of the molecule is COc1ccc(C(=O)OCC(=O)NC(C)c2ccc3c(c2)OCCO3)cc1. The molecule has 1 heterocycles. The van der Waals surface area contributed by atoms with E-state index in [0.717, 1.165) is 5.56 Å². The fourth-order valence-electron chi connectivity index (χ4n) is 2.64. The van der Waals surface area contributed by atoms with Gasteiger partial charge in [-0.1, -0.05) is 6.07 Å². The number of amides is 1. The largest absolute Gasteiger partial charge is 0.497 e. The quantitative estimate of drug-likeness (QED) is 0.786. The molecule has 0 saturated carbocycles. The zero-order chi connectivity index (χ0) is 19.2. The average molecular weight is 371 g/mol. The first-order valence-electron chi connectivity index (χ1n) is 8.57. The van der Waals surface area contributed by atoms with E-state index >= 15 is 0 Å². The van der Waals surface area contributed by atoms with Crippen molar-refractivity contribution in [3.05, 3.63) is 53.6 Å². The van der Waals surface area contributed by atoms with Crippen LogP contribution in [0.5, 0.6) is 17.2 Å². The maximum atomic E-state index is 12.1. The van der Waals surface area contributed by atoms with Gasteiger partial charge in [0, 0.05) is 0 Å². The van der Waals surface area contributed by atoms with Gasteiger partial charge in [-0.3, -0.25) is 4.79 Å². The van der Waals surface area contributed by atoms with Crippen molar-refractivity contribution in [1.82, 2.24) is 5.32 Å². The average Bonchev–Trinajstić information content (AvgIpc) is 2.71. The lowest BCUT2D eigenvalue weighted by molar-refractivity contribution is -0.124. The van der Waals surface area contributed by atoms with Crippen LogP contribution in [0.15, 0.2) is 42.5 Å². The molecule has 0 radical (unpaired) electrons. The fraction of sp³-hybridized carbons (Fsp3) is 0.300. The Morgan fingerprint density at radius 2 is 1.78 bits per heavy atom. The summed E-state index contributed by atoms with van der Waals surface area (Å²) in [4.78, 5) is 24.1. The van der Waals surface area contributed by atoms with Crippen molar-refractivity contribution in [2.75, 3.05) is 26.9 Å². The van der Waals surface area contributed by atoms with Crippen LogP contribution in [0.2, 0.25) is 0 Å². The van der Waals surface area contributed by atoms with Gasteiger partial charge in [0.05, 0.1) is 18.7 Å². The Morgan fingerprint density at radius 3 is 2.48 bits per heavy atom. The van der Waals surface area contributed by atoms with Gasteiger partial charge >= 0.3 is 5.97 Å². The molecule has 1 aliphatic rings. The van der Waals surface area contributed by atoms with E-state index in [2.05, 4.69) is 5.32 Å². The zero-order valence-corrected chi connectivity index (χ0v) is 15.2. The molecule has 0 bridgehead atoms. The number of rotatable bonds is 6. The topological polar surface area (TPSA) is 83.1 Å². The Bertz CT molecular complexity index is 818. The summed E-state index contributed by atoms with van der Waals surface area (Å²) in [7, 11) is 1.54. The van der Waals surface area contributed by atoms with Gasteiger partial charge in [-0.15, -0.1) is 0 Å². The van der Waals surface area contributed by atoms with Crippen molar-refractivity contribution < 1.29 is 28.5 Å². The van der Waals surface area contributed by atoms with E-state index in [4.69, 9.17) is 18.9 Å². The van der Waals surface area contributed by atoms with Gasteiger partial charge in [0.25, 0.3) is 5.91 Å². The van der Waals surface area contributed by atoms with Crippen molar-refractivity contribution in [1.29, 1.82) is 0 Å². The first kappa shape index (κ1) is 18.6. The smallest absolute Gasteiger partial charge is 0.338 e. The number of benzene rings is 2. The molecule has 0 aliphatic carbocycles. The van der Waals surface area contributed by atoms with Gasteiger partial charge < -0.3 is 24.3 Å². The van der Waals surface area contributed by atoms with Crippen molar-refractivity contribution >= 4 is 11.9 Å². The second-order valence-electron chi connectivity index (χ2n) is 6.00. The van der Waals surface area contributed by atoms with Gasteiger partial charge in [0.15, 0.2) is 18.1 Å². The van der Waals surface area contributed by atoms with Gasteiger partial charge in [-0.2, -0.15) is 0 Å². The lowest BCUT2D eigenvalue weighted by Crippen LogP contribution is -2.31. The van der Waals surface area contributed by atoms with Crippen molar-refractivity contribution in [2.24, 2.45) is 0 Å².